The van der Waals surface area contributed by atoms with Gasteiger partial charge in [0.1, 0.15) is 0 Å². The van der Waals surface area contributed by atoms with Crippen LogP contribution in [0.3, 0.4) is 0 Å². The van der Waals surface area contributed by atoms with Gasteiger partial charge < -0.3 is 10.2 Å². The molecule has 1 N–H and O–H groups in total. The molecule has 0 aromatic carbocycles. The lowest BCUT2D eigenvalue weighted by Crippen LogP contribution is -2.42. The number of nitrogens with one attached hydrogen (secondary N) is 1. The molecule has 1 heterocycles. The summed E-state index contributed by atoms with van der Waals surface area (Å²) < 4.78 is 0. The summed E-state index contributed by atoms with van der Waals surface area (Å²) in [7, 11) is 2.30. The zero-order valence-electron chi connectivity index (χ0n) is 13.9. The van der Waals surface area contributed by atoms with Crippen molar-refractivity contribution < 1.29 is 0 Å². The summed E-state index contributed by atoms with van der Waals surface area (Å²) in [4.78, 5) is 2.54. The standard InChI is InChI=1S/C18H32N2S/c1-3-11-19-15-18(9-6-4-5-7-10-18)16-20(2)13-17-8-12-21-14-17/h8,12,14,19H,3-7,9-11,13,15-16H2,1-2H3. The average Bonchev–Trinajstić information content (AvgIpc) is 2.85. The van der Waals surface area contributed by atoms with Gasteiger partial charge in [0.25, 0.3) is 0 Å². The monoisotopic (exact) mass is 308 g/mol. The van der Waals surface area contributed by atoms with Gasteiger partial charge >= 0.3 is 0 Å². The molecule has 0 spiro atoms. The first kappa shape index (κ1) is 17.0. The average molecular weight is 309 g/mol. The first-order valence-electron chi connectivity index (χ1n) is 8.64. The molecule has 1 aliphatic carbocycles. The van der Waals surface area contributed by atoms with Crippen LogP contribution in [0.2, 0.25) is 0 Å². The van der Waals surface area contributed by atoms with Gasteiger partial charge in [0.05, 0.1) is 0 Å². The summed E-state index contributed by atoms with van der Waals surface area (Å²) in [6, 6.07) is 2.26. The van der Waals surface area contributed by atoms with Gasteiger partial charge in [-0.2, -0.15) is 11.3 Å². The topological polar surface area (TPSA) is 15.3 Å². The minimum absolute atomic E-state index is 0.496. The molecular formula is C18H32N2S. The molecule has 21 heavy (non-hydrogen) atoms. The van der Waals surface area contributed by atoms with Crippen molar-refractivity contribution in [1.29, 1.82) is 0 Å². The van der Waals surface area contributed by atoms with Crippen molar-refractivity contribution in [2.75, 3.05) is 26.7 Å². The quantitative estimate of drug-likeness (QED) is 0.561. The Kier molecular flexibility index (Phi) is 7.21. The van der Waals surface area contributed by atoms with E-state index in [2.05, 4.69) is 41.0 Å². The van der Waals surface area contributed by atoms with Crippen LogP contribution in [-0.2, 0) is 6.54 Å². The van der Waals surface area contributed by atoms with E-state index in [1.807, 2.05) is 11.3 Å². The Morgan fingerprint density at radius 2 is 2.00 bits per heavy atom. The Morgan fingerprint density at radius 1 is 1.24 bits per heavy atom. The van der Waals surface area contributed by atoms with Crippen LogP contribution in [0.5, 0.6) is 0 Å². The van der Waals surface area contributed by atoms with E-state index >= 15 is 0 Å². The third kappa shape index (κ3) is 5.72. The molecule has 0 amide bonds. The lowest BCUT2D eigenvalue weighted by molar-refractivity contribution is 0.142. The van der Waals surface area contributed by atoms with Crippen LogP contribution < -0.4 is 5.32 Å². The fourth-order valence-corrected chi connectivity index (χ4v) is 4.38. The summed E-state index contributed by atoms with van der Waals surface area (Å²) in [6.07, 6.45) is 9.74. The second-order valence-electron chi connectivity index (χ2n) is 6.89. The van der Waals surface area contributed by atoms with Crippen LogP contribution in [0.4, 0.5) is 0 Å². The molecule has 1 aromatic rings. The molecule has 0 aliphatic heterocycles. The Hall–Kier alpha value is -0.380. The minimum Gasteiger partial charge on any atom is -0.316 e. The van der Waals surface area contributed by atoms with E-state index in [1.54, 1.807) is 0 Å². The van der Waals surface area contributed by atoms with E-state index in [9.17, 15) is 0 Å². The van der Waals surface area contributed by atoms with E-state index < -0.39 is 0 Å². The maximum atomic E-state index is 3.71. The molecule has 2 rings (SSSR count). The summed E-state index contributed by atoms with van der Waals surface area (Å²) in [5.74, 6) is 0. The van der Waals surface area contributed by atoms with Crippen molar-refractivity contribution in [3.05, 3.63) is 22.4 Å². The predicted octanol–water partition coefficient (Wildman–Crippen LogP) is 4.52. The lowest BCUT2D eigenvalue weighted by Gasteiger charge is -2.37. The molecule has 1 aromatic heterocycles. The number of hydrogen-bond donors (Lipinski definition) is 1. The molecule has 120 valence electrons. The third-order valence-corrected chi connectivity index (χ3v) is 5.46. The predicted molar refractivity (Wildman–Crippen MR) is 93.9 cm³/mol. The minimum atomic E-state index is 0.496. The highest BCUT2D eigenvalue weighted by molar-refractivity contribution is 7.07. The normalized spacial score (nSPS) is 18.8. The molecule has 1 aliphatic rings. The van der Waals surface area contributed by atoms with Gasteiger partial charge in [-0.15, -0.1) is 0 Å². The van der Waals surface area contributed by atoms with Crippen molar-refractivity contribution in [3.63, 3.8) is 0 Å². The van der Waals surface area contributed by atoms with Gasteiger partial charge in [-0.25, -0.2) is 0 Å². The summed E-state index contributed by atoms with van der Waals surface area (Å²) in [5.41, 5.74) is 1.96. The van der Waals surface area contributed by atoms with E-state index in [1.165, 1.54) is 63.6 Å². The summed E-state index contributed by atoms with van der Waals surface area (Å²) in [5, 5.41) is 8.18. The maximum Gasteiger partial charge on any atom is 0.0239 e. The first-order chi connectivity index (χ1) is 10.2. The van der Waals surface area contributed by atoms with Gasteiger partial charge in [0.2, 0.25) is 0 Å². The van der Waals surface area contributed by atoms with Gasteiger partial charge in [-0.3, -0.25) is 0 Å². The molecule has 1 saturated carbocycles. The highest BCUT2D eigenvalue weighted by Gasteiger charge is 2.31. The van der Waals surface area contributed by atoms with Crippen LogP contribution in [0.1, 0.15) is 57.4 Å². The van der Waals surface area contributed by atoms with Crippen LogP contribution in [-0.4, -0.2) is 31.6 Å². The number of thiophene rings is 1. The van der Waals surface area contributed by atoms with Gasteiger partial charge in [-0.05, 0) is 60.7 Å². The molecule has 0 atom stereocenters. The summed E-state index contributed by atoms with van der Waals surface area (Å²) in [6.45, 7) is 6.96. The molecule has 0 radical (unpaired) electrons. The first-order valence-corrected chi connectivity index (χ1v) is 9.59. The zero-order chi connectivity index (χ0) is 15.0. The SMILES string of the molecule is CCCNCC1(CN(C)Cc2ccsc2)CCCCCC1. The molecule has 3 heteroatoms. The van der Waals surface area contributed by atoms with Gasteiger partial charge in [0, 0.05) is 19.6 Å². The second kappa shape index (κ2) is 8.92. The largest absolute Gasteiger partial charge is 0.316 e. The van der Waals surface area contributed by atoms with E-state index in [0.29, 0.717) is 5.41 Å². The molecular weight excluding hydrogens is 276 g/mol. The fraction of sp³-hybridized carbons (Fsp3) is 0.778. The van der Waals surface area contributed by atoms with Gasteiger partial charge in [-0.1, -0.05) is 32.6 Å². The highest BCUT2D eigenvalue weighted by Crippen LogP contribution is 2.35. The van der Waals surface area contributed by atoms with Crippen LogP contribution in [0.25, 0.3) is 0 Å². The molecule has 2 nitrogen and oxygen atoms in total. The highest BCUT2D eigenvalue weighted by atomic mass is 32.1. The molecule has 0 saturated heterocycles. The van der Waals surface area contributed by atoms with Crippen molar-refractivity contribution >= 4 is 11.3 Å². The number of rotatable bonds is 8. The van der Waals surface area contributed by atoms with Crippen LogP contribution in [0.15, 0.2) is 16.8 Å². The van der Waals surface area contributed by atoms with E-state index in [0.717, 1.165) is 13.1 Å². The van der Waals surface area contributed by atoms with Crippen molar-refractivity contribution in [3.8, 4) is 0 Å². The molecule has 1 fully saturated rings. The number of nitrogens with zero attached hydrogens (tertiary/aromatic N) is 1. The zero-order valence-corrected chi connectivity index (χ0v) is 14.7. The van der Waals surface area contributed by atoms with Crippen molar-refractivity contribution in [2.45, 2.75) is 58.4 Å². The summed E-state index contributed by atoms with van der Waals surface area (Å²) >= 11 is 1.81. The molecule has 0 unspecified atom stereocenters. The smallest absolute Gasteiger partial charge is 0.0239 e. The fourth-order valence-electron chi connectivity index (χ4n) is 3.72. The Bertz CT molecular complexity index is 367. The van der Waals surface area contributed by atoms with E-state index in [4.69, 9.17) is 0 Å². The van der Waals surface area contributed by atoms with Crippen molar-refractivity contribution in [1.82, 2.24) is 10.2 Å². The second-order valence-corrected chi connectivity index (χ2v) is 7.67. The molecule has 0 bridgehead atoms. The number of hydrogen-bond acceptors (Lipinski definition) is 3. The van der Waals surface area contributed by atoms with Crippen LogP contribution >= 0.6 is 11.3 Å². The lowest BCUT2D eigenvalue weighted by atomic mass is 9.79. The maximum absolute atomic E-state index is 3.71. The Morgan fingerprint density at radius 3 is 2.62 bits per heavy atom. The van der Waals surface area contributed by atoms with Gasteiger partial charge in [0.15, 0.2) is 0 Å². The Labute approximate surface area is 134 Å². The third-order valence-electron chi connectivity index (χ3n) is 4.73. The van der Waals surface area contributed by atoms with Crippen molar-refractivity contribution in [2.24, 2.45) is 5.41 Å². The van der Waals surface area contributed by atoms with E-state index in [-0.39, 0.29) is 0 Å². The Balaban J connectivity index is 1.93. The van der Waals surface area contributed by atoms with Crippen LogP contribution in [0, 0.1) is 5.41 Å².